The molecule has 1 fully saturated rings. The van der Waals surface area contributed by atoms with Crippen LogP contribution >= 0.6 is 0 Å². The van der Waals surface area contributed by atoms with Gasteiger partial charge in [0.25, 0.3) is 0 Å². The first-order valence-electron chi connectivity index (χ1n) is 7.54. The van der Waals surface area contributed by atoms with Crippen LogP contribution in [0.1, 0.15) is 5.76 Å². The first-order chi connectivity index (χ1) is 10.2. The van der Waals surface area contributed by atoms with Gasteiger partial charge in [-0.25, -0.2) is 0 Å². The topological polar surface area (TPSA) is 56.0 Å². The molecule has 0 saturated carbocycles. The van der Waals surface area contributed by atoms with Gasteiger partial charge in [-0.15, -0.1) is 0 Å². The zero-order chi connectivity index (χ0) is 15.1. The van der Waals surface area contributed by atoms with Crippen LogP contribution in [0.25, 0.3) is 0 Å². The van der Waals surface area contributed by atoms with Crippen LogP contribution in [0, 0.1) is 0 Å². The first kappa shape index (κ1) is 15.9. The van der Waals surface area contributed by atoms with Gasteiger partial charge in [0, 0.05) is 52.2 Å². The summed E-state index contributed by atoms with van der Waals surface area (Å²) in [6, 6.07) is 4.43. The van der Waals surface area contributed by atoms with Gasteiger partial charge in [-0.1, -0.05) is 0 Å². The highest BCUT2D eigenvalue weighted by molar-refractivity contribution is 5.79. The quantitative estimate of drug-likeness (QED) is 0.601. The molecule has 1 aromatic heterocycles. The predicted octanol–water partition coefficient (Wildman–Crippen LogP) is 0.233. The Morgan fingerprint density at radius 1 is 1.38 bits per heavy atom. The largest absolute Gasteiger partial charge is 0.469 e. The number of hydrogen-bond donors (Lipinski definition) is 2. The highest BCUT2D eigenvalue weighted by atomic mass is 16.3. The fraction of sp³-hybridized carbons (Fsp3) is 0.667. The van der Waals surface area contributed by atoms with Crippen LogP contribution < -0.4 is 10.6 Å². The van der Waals surface area contributed by atoms with E-state index in [1.807, 2.05) is 12.1 Å². The molecule has 118 valence electrons. The van der Waals surface area contributed by atoms with Gasteiger partial charge in [-0.3, -0.25) is 9.89 Å². The maximum atomic E-state index is 5.32. The van der Waals surface area contributed by atoms with Crippen molar-refractivity contribution in [3.63, 3.8) is 0 Å². The molecule has 2 rings (SSSR count). The van der Waals surface area contributed by atoms with Gasteiger partial charge in [0.05, 0.1) is 6.26 Å². The Labute approximate surface area is 127 Å². The van der Waals surface area contributed by atoms with E-state index in [2.05, 4.69) is 39.5 Å². The number of likely N-dealkylation sites (N-methyl/N-ethyl adjacent to an activating group) is 2. The van der Waals surface area contributed by atoms with Crippen molar-refractivity contribution in [1.82, 2.24) is 20.4 Å². The standard InChI is InChI=1S/C15H27N5O/c1-16-15(17-7-6-14-5-4-10-21-14)18-11-13-12-19(2)8-9-20(13)3/h4-5,10,13H,6-9,11-12H2,1-3H3,(H2,16,17,18). The molecule has 1 aliphatic heterocycles. The van der Waals surface area contributed by atoms with Crippen molar-refractivity contribution in [2.45, 2.75) is 12.5 Å². The zero-order valence-electron chi connectivity index (χ0n) is 13.3. The summed E-state index contributed by atoms with van der Waals surface area (Å²) in [5.74, 6) is 1.84. The monoisotopic (exact) mass is 293 g/mol. The van der Waals surface area contributed by atoms with E-state index in [4.69, 9.17) is 4.42 Å². The third-order valence-corrected chi connectivity index (χ3v) is 3.95. The average Bonchev–Trinajstić information content (AvgIpc) is 2.99. The lowest BCUT2D eigenvalue weighted by atomic mass is 10.2. The lowest BCUT2D eigenvalue weighted by molar-refractivity contribution is 0.116. The number of hydrogen-bond acceptors (Lipinski definition) is 4. The number of furan rings is 1. The van der Waals surface area contributed by atoms with E-state index in [0.717, 1.165) is 50.9 Å². The number of nitrogens with one attached hydrogen (secondary N) is 2. The maximum Gasteiger partial charge on any atom is 0.191 e. The van der Waals surface area contributed by atoms with Gasteiger partial charge in [-0.2, -0.15) is 0 Å². The molecule has 2 N–H and O–H groups in total. The van der Waals surface area contributed by atoms with Crippen molar-refractivity contribution < 1.29 is 4.42 Å². The summed E-state index contributed by atoms with van der Waals surface area (Å²) in [6.07, 6.45) is 2.57. The molecule has 6 heteroatoms. The second-order valence-corrected chi connectivity index (χ2v) is 5.61. The van der Waals surface area contributed by atoms with E-state index in [1.54, 1.807) is 13.3 Å². The summed E-state index contributed by atoms with van der Waals surface area (Å²) in [5.41, 5.74) is 0. The van der Waals surface area contributed by atoms with Crippen molar-refractivity contribution in [3.05, 3.63) is 24.2 Å². The second kappa shape index (κ2) is 8.05. The summed E-state index contributed by atoms with van der Waals surface area (Å²) >= 11 is 0. The van der Waals surface area contributed by atoms with E-state index in [1.165, 1.54) is 0 Å². The summed E-state index contributed by atoms with van der Waals surface area (Å²) in [5, 5.41) is 6.73. The summed E-state index contributed by atoms with van der Waals surface area (Å²) in [6.45, 7) is 5.07. The molecule has 2 heterocycles. The lowest BCUT2D eigenvalue weighted by Crippen LogP contribution is -2.55. The number of guanidine groups is 1. The molecule has 0 spiro atoms. The van der Waals surface area contributed by atoms with Crippen LogP contribution in [0.3, 0.4) is 0 Å². The fourth-order valence-corrected chi connectivity index (χ4v) is 2.52. The SMILES string of the molecule is CN=C(NCCc1ccco1)NCC1CN(C)CCN1C. The average molecular weight is 293 g/mol. The third-order valence-electron chi connectivity index (χ3n) is 3.95. The van der Waals surface area contributed by atoms with Crippen LogP contribution in [0.15, 0.2) is 27.8 Å². The second-order valence-electron chi connectivity index (χ2n) is 5.61. The molecule has 1 saturated heterocycles. The number of nitrogens with zero attached hydrogens (tertiary/aromatic N) is 3. The van der Waals surface area contributed by atoms with Crippen LogP contribution in [-0.2, 0) is 6.42 Å². The van der Waals surface area contributed by atoms with Gasteiger partial charge in [0.15, 0.2) is 5.96 Å². The van der Waals surface area contributed by atoms with Crippen LogP contribution in [-0.4, -0.2) is 75.7 Å². The Morgan fingerprint density at radius 3 is 2.95 bits per heavy atom. The number of rotatable bonds is 5. The van der Waals surface area contributed by atoms with E-state index < -0.39 is 0 Å². The third kappa shape index (κ3) is 5.06. The first-order valence-corrected chi connectivity index (χ1v) is 7.54. The van der Waals surface area contributed by atoms with Gasteiger partial charge < -0.3 is 20.0 Å². The Hall–Kier alpha value is -1.53. The summed E-state index contributed by atoms with van der Waals surface area (Å²) < 4.78 is 5.32. The fourth-order valence-electron chi connectivity index (χ4n) is 2.52. The highest BCUT2D eigenvalue weighted by Crippen LogP contribution is 2.04. The molecule has 0 bridgehead atoms. The maximum absolute atomic E-state index is 5.32. The van der Waals surface area contributed by atoms with Crippen LogP contribution in [0.4, 0.5) is 0 Å². The molecule has 1 aliphatic rings. The molecule has 1 aromatic rings. The minimum Gasteiger partial charge on any atom is -0.469 e. The Balaban J connectivity index is 1.69. The molecule has 0 aliphatic carbocycles. The lowest BCUT2D eigenvalue weighted by Gasteiger charge is -2.37. The molecule has 6 nitrogen and oxygen atoms in total. The summed E-state index contributed by atoms with van der Waals surface area (Å²) in [4.78, 5) is 9.05. The van der Waals surface area contributed by atoms with Gasteiger partial charge in [-0.05, 0) is 26.2 Å². The molecule has 1 atom stereocenters. The van der Waals surface area contributed by atoms with Gasteiger partial charge >= 0.3 is 0 Å². The molecular weight excluding hydrogens is 266 g/mol. The molecule has 0 radical (unpaired) electrons. The van der Waals surface area contributed by atoms with E-state index in [9.17, 15) is 0 Å². The van der Waals surface area contributed by atoms with E-state index in [-0.39, 0.29) is 0 Å². The smallest absolute Gasteiger partial charge is 0.191 e. The normalized spacial score (nSPS) is 21.5. The Morgan fingerprint density at radius 2 is 2.24 bits per heavy atom. The Kier molecular flexibility index (Phi) is 6.07. The van der Waals surface area contributed by atoms with Crippen molar-refractivity contribution in [1.29, 1.82) is 0 Å². The van der Waals surface area contributed by atoms with E-state index >= 15 is 0 Å². The van der Waals surface area contributed by atoms with Crippen LogP contribution in [0.2, 0.25) is 0 Å². The summed E-state index contributed by atoms with van der Waals surface area (Å²) in [7, 11) is 6.17. The molecule has 1 unspecified atom stereocenters. The van der Waals surface area contributed by atoms with Gasteiger partial charge in [0.2, 0.25) is 0 Å². The molecular formula is C15H27N5O. The van der Waals surface area contributed by atoms with Crippen molar-refractivity contribution in [2.24, 2.45) is 4.99 Å². The number of piperazine rings is 1. The minimum absolute atomic E-state index is 0.521. The van der Waals surface area contributed by atoms with Crippen LogP contribution in [0.5, 0.6) is 0 Å². The Bertz CT molecular complexity index is 431. The molecule has 21 heavy (non-hydrogen) atoms. The minimum atomic E-state index is 0.521. The highest BCUT2D eigenvalue weighted by Gasteiger charge is 2.21. The van der Waals surface area contributed by atoms with Crippen molar-refractivity contribution in [3.8, 4) is 0 Å². The van der Waals surface area contributed by atoms with E-state index in [0.29, 0.717) is 6.04 Å². The van der Waals surface area contributed by atoms with Gasteiger partial charge in [0.1, 0.15) is 5.76 Å². The van der Waals surface area contributed by atoms with Crippen molar-refractivity contribution in [2.75, 3.05) is 53.9 Å². The zero-order valence-corrected chi connectivity index (χ0v) is 13.3. The molecule has 0 aromatic carbocycles. The van der Waals surface area contributed by atoms with Crippen molar-refractivity contribution >= 4 is 5.96 Å². The molecule has 0 amide bonds. The predicted molar refractivity (Wildman–Crippen MR) is 85.7 cm³/mol. The number of aliphatic imine (C=N–C) groups is 1.